The van der Waals surface area contributed by atoms with Crippen molar-refractivity contribution < 1.29 is 0 Å². The average molecular weight is 273 g/mol. The number of aromatic nitrogens is 3. The number of benzene rings is 2. The minimum Gasteiger partial charge on any atom is -0.236 e. The molecule has 102 valence electrons. The molecule has 0 fully saturated rings. The quantitative estimate of drug-likeness (QED) is 0.550. The standard InChI is InChI=1S/C18H15N3/c1-2-13-12-17-19-9-10-21(17)20-18(13)16-8-7-14-5-3-4-6-15(14)11-16/h3-12H,2H2,1H3. The number of hydrogen-bond donors (Lipinski definition) is 0. The van der Waals surface area contributed by atoms with Gasteiger partial charge in [0.15, 0.2) is 5.65 Å². The molecule has 0 amide bonds. The van der Waals surface area contributed by atoms with E-state index in [2.05, 4.69) is 60.4 Å². The van der Waals surface area contributed by atoms with Gasteiger partial charge < -0.3 is 0 Å². The Balaban J connectivity index is 1.97. The molecule has 0 aliphatic rings. The summed E-state index contributed by atoms with van der Waals surface area (Å²) in [5.74, 6) is 0. The van der Waals surface area contributed by atoms with Gasteiger partial charge in [-0.2, -0.15) is 5.10 Å². The van der Waals surface area contributed by atoms with Crippen LogP contribution >= 0.6 is 0 Å². The molecule has 21 heavy (non-hydrogen) atoms. The van der Waals surface area contributed by atoms with E-state index in [9.17, 15) is 0 Å². The molecular formula is C18H15N3. The highest BCUT2D eigenvalue weighted by molar-refractivity contribution is 5.87. The number of fused-ring (bicyclic) bond motifs is 2. The van der Waals surface area contributed by atoms with Crippen LogP contribution in [0, 0.1) is 0 Å². The van der Waals surface area contributed by atoms with E-state index in [1.807, 2.05) is 10.7 Å². The summed E-state index contributed by atoms with van der Waals surface area (Å²) >= 11 is 0. The molecule has 2 aromatic heterocycles. The van der Waals surface area contributed by atoms with Crippen LogP contribution in [0.4, 0.5) is 0 Å². The fraction of sp³-hybridized carbons (Fsp3) is 0.111. The summed E-state index contributed by atoms with van der Waals surface area (Å²) < 4.78 is 1.84. The van der Waals surface area contributed by atoms with E-state index in [4.69, 9.17) is 5.10 Å². The summed E-state index contributed by atoms with van der Waals surface area (Å²) in [5, 5.41) is 7.23. The average Bonchev–Trinajstić information content (AvgIpc) is 3.00. The molecule has 3 heteroatoms. The third kappa shape index (κ3) is 1.98. The van der Waals surface area contributed by atoms with Crippen LogP contribution in [0.5, 0.6) is 0 Å². The van der Waals surface area contributed by atoms with Gasteiger partial charge in [-0.1, -0.05) is 43.3 Å². The molecule has 0 spiro atoms. The summed E-state index contributed by atoms with van der Waals surface area (Å²) in [5.41, 5.74) is 4.32. The van der Waals surface area contributed by atoms with Crippen LogP contribution in [0.3, 0.4) is 0 Å². The lowest BCUT2D eigenvalue weighted by atomic mass is 10.0. The fourth-order valence-electron chi connectivity index (χ4n) is 2.74. The van der Waals surface area contributed by atoms with Crippen LogP contribution in [0.25, 0.3) is 27.7 Å². The Morgan fingerprint density at radius 2 is 1.86 bits per heavy atom. The van der Waals surface area contributed by atoms with Gasteiger partial charge in [0.25, 0.3) is 0 Å². The third-order valence-electron chi connectivity index (χ3n) is 3.87. The van der Waals surface area contributed by atoms with Gasteiger partial charge in [0.2, 0.25) is 0 Å². The second-order valence-corrected chi connectivity index (χ2v) is 5.16. The van der Waals surface area contributed by atoms with Gasteiger partial charge in [-0.3, -0.25) is 0 Å². The zero-order valence-corrected chi connectivity index (χ0v) is 11.8. The van der Waals surface area contributed by atoms with Gasteiger partial charge in [0, 0.05) is 18.0 Å². The molecule has 4 aromatic rings. The maximum absolute atomic E-state index is 4.74. The summed E-state index contributed by atoms with van der Waals surface area (Å²) in [7, 11) is 0. The Bertz CT molecular complexity index is 937. The molecule has 0 bridgehead atoms. The van der Waals surface area contributed by atoms with E-state index in [0.29, 0.717) is 0 Å². The topological polar surface area (TPSA) is 30.2 Å². The van der Waals surface area contributed by atoms with Crippen LogP contribution in [0.15, 0.2) is 60.9 Å². The van der Waals surface area contributed by atoms with Crippen molar-refractivity contribution in [2.75, 3.05) is 0 Å². The first kappa shape index (κ1) is 12.1. The second kappa shape index (κ2) is 4.70. The smallest absolute Gasteiger partial charge is 0.153 e. The molecule has 4 rings (SSSR count). The van der Waals surface area contributed by atoms with E-state index in [0.717, 1.165) is 23.3 Å². The van der Waals surface area contributed by atoms with Crippen LogP contribution in [-0.4, -0.2) is 14.6 Å². The molecule has 0 unspecified atom stereocenters. The number of aryl methyl sites for hydroxylation is 1. The van der Waals surface area contributed by atoms with E-state index in [-0.39, 0.29) is 0 Å². The van der Waals surface area contributed by atoms with Gasteiger partial charge in [-0.25, -0.2) is 9.50 Å². The number of rotatable bonds is 2. The van der Waals surface area contributed by atoms with Crippen LogP contribution < -0.4 is 0 Å². The van der Waals surface area contributed by atoms with Crippen molar-refractivity contribution in [2.24, 2.45) is 0 Å². The Hall–Kier alpha value is -2.68. The summed E-state index contributed by atoms with van der Waals surface area (Å²) in [6.07, 6.45) is 4.61. The van der Waals surface area contributed by atoms with Crippen molar-refractivity contribution in [1.29, 1.82) is 0 Å². The predicted octanol–water partition coefficient (Wildman–Crippen LogP) is 4.11. The molecule has 2 aromatic carbocycles. The Labute approximate surface area is 122 Å². The maximum atomic E-state index is 4.74. The van der Waals surface area contributed by atoms with Crippen LogP contribution in [0.2, 0.25) is 0 Å². The zero-order chi connectivity index (χ0) is 14.2. The molecule has 2 heterocycles. The Morgan fingerprint density at radius 3 is 2.71 bits per heavy atom. The molecule has 0 saturated heterocycles. The van der Waals surface area contributed by atoms with Crippen LogP contribution in [-0.2, 0) is 6.42 Å². The van der Waals surface area contributed by atoms with Crippen LogP contribution in [0.1, 0.15) is 12.5 Å². The Morgan fingerprint density at radius 1 is 1.00 bits per heavy atom. The van der Waals surface area contributed by atoms with Crippen molar-refractivity contribution in [3.05, 3.63) is 66.5 Å². The van der Waals surface area contributed by atoms with E-state index >= 15 is 0 Å². The third-order valence-corrected chi connectivity index (χ3v) is 3.87. The van der Waals surface area contributed by atoms with Gasteiger partial charge in [-0.05, 0) is 34.9 Å². The summed E-state index contributed by atoms with van der Waals surface area (Å²) in [6, 6.07) is 17.0. The number of hydrogen-bond acceptors (Lipinski definition) is 2. The molecule has 0 aliphatic heterocycles. The number of imidazole rings is 1. The molecule has 0 radical (unpaired) electrons. The molecule has 0 N–H and O–H groups in total. The summed E-state index contributed by atoms with van der Waals surface area (Å²) in [6.45, 7) is 2.15. The second-order valence-electron chi connectivity index (χ2n) is 5.16. The maximum Gasteiger partial charge on any atom is 0.153 e. The lowest BCUT2D eigenvalue weighted by Gasteiger charge is -2.09. The van der Waals surface area contributed by atoms with Crippen molar-refractivity contribution in [3.8, 4) is 11.3 Å². The van der Waals surface area contributed by atoms with Gasteiger partial charge in [0.1, 0.15) is 0 Å². The molecule has 3 nitrogen and oxygen atoms in total. The molecule has 0 aliphatic carbocycles. The number of nitrogens with zero attached hydrogens (tertiary/aromatic N) is 3. The molecular weight excluding hydrogens is 258 g/mol. The normalized spacial score (nSPS) is 11.3. The van der Waals surface area contributed by atoms with Gasteiger partial charge in [0.05, 0.1) is 5.69 Å². The first-order valence-electron chi connectivity index (χ1n) is 7.17. The first-order valence-corrected chi connectivity index (χ1v) is 7.17. The SMILES string of the molecule is CCc1cc2nccn2nc1-c1ccc2ccccc2c1. The highest BCUT2D eigenvalue weighted by Crippen LogP contribution is 2.26. The van der Waals surface area contributed by atoms with E-state index in [1.165, 1.54) is 16.3 Å². The van der Waals surface area contributed by atoms with E-state index in [1.54, 1.807) is 6.20 Å². The van der Waals surface area contributed by atoms with Crippen molar-refractivity contribution in [2.45, 2.75) is 13.3 Å². The minimum atomic E-state index is 0.899. The molecule has 0 atom stereocenters. The Kier molecular flexibility index (Phi) is 2.71. The van der Waals surface area contributed by atoms with Gasteiger partial charge >= 0.3 is 0 Å². The van der Waals surface area contributed by atoms with Gasteiger partial charge in [-0.15, -0.1) is 0 Å². The molecule has 0 saturated carbocycles. The predicted molar refractivity (Wildman–Crippen MR) is 85.3 cm³/mol. The monoisotopic (exact) mass is 273 g/mol. The first-order chi connectivity index (χ1) is 10.3. The lowest BCUT2D eigenvalue weighted by molar-refractivity contribution is 0.921. The van der Waals surface area contributed by atoms with Crippen molar-refractivity contribution in [1.82, 2.24) is 14.6 Å². The lowest BCUT2D eigenvalue weighted by Crippen LogP contribution is -1.99. The summed E-state index contributed by atoms with van der Waals surface area (Å²) in [4.78, 5) is 4.31. The van der Waals surface area contributed by atoms with Crippen molar-refractivity contribution >= 4 is 16.4 Å². The van der Waals surface area contributed by atoms with Crippen molar-refractivity contribution in [3.63, 3.8) is 0 Å². The highest BCUT2D eigenvalue weighted by atomic mass is 15.2. The largest absolute Gasteiger partial charge is 0.236 e. The minimum absolute atomic E-state index is 0.899. The highest BCUT2D eigenvalue weighted by Gasteiger charge is 2.09. The van der Waals surface area contributed by atoms with E-state index < -0.39 is 0 Å². The fourth-order valence-corrected chi connectivity index (χ4v) is 2.74. The zero-order valence-electron chi connectivity index (χ0n) is 11.8.